The molecule has 0 aliphatic carbocycles. The van der Waals surface area contributed by atoms with Crippen LogP contribution in [0.4, 0.5) is 11.4 Å². The minimum absolute atomic E-state index is 0.172. The highest BCUT2D eigenvalue weighted by molar-refractivity contribution is 5.94. The molecule has 1 atom stereocenters. The molecule has 0 aliphatic rings. The number of anilines is 2. The molecule has 4 heteroatoms. The van der Waals surface area contributed by atoms with Crippen LogP contribution in [0.5, 0.6) is 5.75 Å². The van der Waals surface area contributed by atoms with E-state index < -0.39 is 6.10 Å². The molecule has 2 aromatic rings. The van der Waals surface area contributed by atoms with E-state index in [9.17, 15) is 4.79 Å². The summed E-state index contributed by atoms with van der Waals surface area (Å²) in [7, 11) is 1.85. The number of benzene rings is 2. The lowest BCUT2D eigenvalue weighted by Crippen LogP contribution is -2.30. The number of para-hydroxylation sites is 1. The van der Waals surface area contributed by atoms with Crippen LogP contribution in [0.3, 0.4) is 0 Å². The van der Waals surface area contributed by atoms with Crippen molar-refractivity contribution in [2.45, 2.75) is 13.0 Å². The first-order chi connectivity index (χ1) is 9.69. The van der Waals surface area contributed by atoms with E-state index in [0.29, 0.717) is 5.75 Å². The summed E-state index contributed by atoms with van der Waals surface area (Å²) in [6.45, 7) is 1.73. The Morgan fingerprint density at radius 2 is 1.65 bits per heavy atom. The van der Waals surface area contributed by atoms with Gasteiger partial charge in [-0.25, -0.2) is 0 Å². The molecule has 0 aliphatic heterocycles. The van der Waals surface area contributed by atoms with Gasteiger partial charge in [0, 0.05) is 18.4 Å². The van der Waals surface area contributed by atoms with Crippen LogP contribution in [0, 0.1) is 0 Å². The van der Waals surface area contributed by atoms with Crippen molar-refractivity contribution in [1.82, 2.24) is 0 Å². The Morgan fingerprint density at radius 1 is 1.00 bits per heavy atom. The lowest BCUT2D eigenvalue weighted by molar-refractivity contribution is -0.122. The van der Waals surface area contributed by atoms with Crippen LogP contribution >= 0.6 is 0 Å². The van der Waals surface area contributed by atoms with Gasteiger partial charge in [0.25, 0.3) is 5.91 Å². The molecule has 0 heterocycles. The topological polar surface area (TPSA) is 50.4 Å². The Kier molecular flexibility index (Phi) is 4.60. The maximum Gasteiger partial charge on any atom is 0.265 e. The molecule has 0 aromatic heterocycles. The van der Waals surface area contributed by atoms with E-state index in [4.69, 9.17) is 4.74 Å². The van der Waals surface area contributed by atoms with Crippen LogP contribution in [-0.2, 0) is 4.79 Å². The minimum atomic E-state index is -0.560. The third kappa shape index (κ3) is 3.75. The lowest BCUT2D eigenvalue weighted by atomic mass is 10.3. The Morgan fingerprint density at radius 3 is 2.25 bits per heavy atom. The SMILES string of the molecule is CNc1ccc(OC(C)C(=O)Nc2ccccc2)cc1. The standard InChI is InChI=1S/C16H18N2O2/c1-12(16(19)18-14-6-4-3-5-7-14)20-15-10-8-13(17-2)9-11-15/h3-12,17H,1-2H3,(H,18,19). The Labute approximate surface area is 118 Å². The molecule has 2 rings (SSSR count). The van der Waals surface area contributed by atoms with E-state index in [0.717, 1.165) is 11.4 Å². The lowest BCUT2D eigenvalue weighted by Gasteiger charge is -2.15. The fourth-order valence-electron chi connectivity index (χ4n) is 1.72. The van der Waals surface area contributed by atoms with Crippen LogP contribution in [-0.4, -0.2) is 19.1 Å². The highest BCUT2D eigenvalue weighted by atomic mass is 16.5. The average molecular weight is 270 g/mol. The summed E-state index contributed by atoms with van der Waals surface area (Å²) in [5.41, 5.74) is 1.76. The van der Waals surface area contributed by atoms with Gasteiger partial charge in [0.1, 0.15) is 5.75 Å². The molecule has 0 fully saturated rings. The van der Waals surface area contributed by atoms with Crippen LogP contribution < -0.4 is 15.4 Å². The molecule has 4 nitrogen and oxygen atoms in total. The van der Waals surface area contributed by atoms with Crippen LogP contribution in [0.25, 0.3) is 0 Å². The molecule has 2 aromatic carbocycles. The van der Waals surface area contributed by atoms with Gasteiger partial charge in [-0.1, -0.05) is 18.2 Å². The number of carbonyl (C=O) groups excluding carboxylic acids is 1. The number of rotatable bonds is 5. The van der Waals surface area contributed by atoms with E-state index in [1.165, 1.54) is 0 Å². The van der Waals surface area contributed by atoms with Crippen molar-refractivity contribution in [1.29, 1.82) is 0 Å². The van der Waals surface area contributed by atoms with Gasteiger partial charge in [-0.15, -0.1) is 0 Å². The van der Waals surface area contributed by atoms with Crippen molar-refractivity contribution in [3.8, 4) is 5.75 Å². The molecule has 104 valence electrons. The van der Waals surface area contributed by atoms with Crippen molar-refractivity contribution in [3.63, 3.8) is 0 Å². The maximum atomic E-state index is 12.0. The van der Waals surface area contributed by atoms with Crippen LogP contribution in [0.2, 0.25) is 0 Å². The maximum absolute atomic E-state index is 12.0. The Hall–Kier alpha value is -2.49. The Balaban J connectivity index is 1.93. The van der Waals surface area contributed by atoms with Crippen LogP contribution in [0.1, 0.15) is 6.92 Å². The fraction of sp³-hybridized carbons (Fsp3) is 0.188. The zero-order valence-electron chi connectivity index (χ0n) is 11.6. The third-order valence-electron chi connectivity index (χ3n) is 2.87. The summed E-state index contributed by atoms with van der Waals surface area (Å²) in [4.78, 5) is 12.0. The van der Waals surface area contributed by atoms with Gasteiger partial charge in [-0.05, 0) is 43.3 Å². The number of amides is 1. The van der Waals surface area contributed by atoms with Gasteiger partial charge in [0.05, 0.1) is 0 Å². The number of nitrogens with one attached hydrogen (secondary N) is 2. The van der Waals surface area contributed by atoms with Gasteiger partial charge in [0.2, 0.25) is 0 Å². The first-order valence-corrected chi connectivity index (χ1v) is 6.49. The second kappa shape index (κ2) is 6.61. The minimum Gasteiger partial charge on any atom is -0.481 e. The van der Waals surface area contributed by atoms with Crippen molar-refractivity contribution < 1.29 is 9.53 Å². The van der Waals surface area contributed by atoms with Gasteiger partial charge < -0.3 is 15.4 Å². The highest BCUT2D eigenvalue weighted by Gasteiger charge is 2.14. The summed E-state index contributed by atoms with van der Waals surface area (Å²) >= 11 is 0. The summed E-state index contributed by atoms with van der Waals surface area (Å²) in [5.74, 6) is 0.494. The second-order valence-corrected chi connectivity index (χ2v) is 4.39. The number of hydrogen-bond acceptors (Lipinski definition) is 3. The molecule has 20 heavy (non-hydrogen) atoms. The van der Waals surface area contributed by atoms with E-state index in [2.05, 4.69) is 10.6 Å². The zero-order chi connectivity index (χ0) is 14.4. The molecule has 2 N–H and O–H groups in total. The molecule has 0 saturated carbocycles. The number of hydrogen-bond donors (Lipinski definition) is 2. The largest absolute Gasteiger partial charge is 0.481 e. The second-order valence-electron chi connectivity index (χ2n) is 4.39. The van der Waals surface area contributed by atoms with E-state index >= 15 is 0 Å². The van der Waals surface area contributed by atoms with Crippen molar-refractivity contribution >= 4 is 17.3 Å². The van der Waals surface area contributed by atoms with E-state index in [1.54, 1.807) is 6.92 Å². The van der Waals surface area contributed by atoms with Gasteiger partial charge in [0.15, 0.2) is 6.10 Å². The third-order valence-corrected chi connectivity index (χ3v) is 2.87. The summed E-state index contributed by atoms with van der Waals surface area (Å²) in [5, 5.41) is 5.84. The molecule has 1 amide bonds. The van der Waals surface area contributed by atoms with E-state index in [1.807, 2.05) is 61.6 Å². The average Bonchev–Trinajstić information content (AvgIpc) is 2.49. The predicted molar refractivity (Wildman–Crippen MR) is 81.2 cm³/mol. The summed E-state index contributed by atoms with van der Waals surface area (Å²) < 4.78 is 5.61. The number of ether oxygens (including phenoxy) is 1. The van der Waals surface area contributed by atoms with Gasteiger partial charge >= 0.3 is 0 Å². The quantitative estimate of drug-likeness (QED) is 0.877. The first kappa shape index (κ1) is 13.9. The van der Waals surface area contributed by atoms with Crippen molar-refractivity contribution in [2.24, 2.45) is 0 Å². The Bertz CT molecular complexity index is 552. The fourth-order valence-corrected chi connectivity index (χ4v) is 1.72. The van der Waals surface area contributed by atoms with Crippen molar-refractivity contribution in [2.75, 3.05) is 17.7 Å². The summed E-state index contributed by atoms with van der Waals surface area (Å²) in [6, 6.07) is 16.8. The summed E-state index contributed by atoms with van der Waals surface area (Å²) in [6.07, 6.45) is -0.560. The zero-order valence-corrected chi connectivity index (χ0v) is 11.6. The molecule has 0 bridgehead atoms. The molecule has 0 spiro atoms. The molecular weight excluding hydrogens is 252 g/mol. The normalized spacial score (nSPS) is 11.5. The van der Waals surface area contributed by atoms with Crippen LogP contribution in [0.15, 0.2) is 54.6 Å². The predicted octanol–water partition coefficient (Wildman–Crippen LogP) is 3.13. The van der Waals surface area contributed by atoms with E-state index in [-0.39, 0.29) is 5.91 Å². The smallest absolute Gasteiger partial charge is 0.265 e. The van der Waals surface area contributed by atoms with Gasteiger partial charge in [-0.3, -0.25) is 4.79 Å². The molecular formula is C16H18N2O2. The molecule has 1 unspecified atom stereocenters. The molecule has 0 saturated heterocycles. The van der Waals surface area contributed by atoms with Gasteiger partial charge in [-0.2, -0.15) is 0 Å². The monoisotopic (exact) mass is 270 g/mol. The number of carbonyl (C=O) groups is 1. The molecule has 0 radical (unpaired) electrons. The first-order valence-electron chi connectivity index (χ1n) is 6.49. The van der Waals surface area contributed by atoms with Crippen molar-refractivity contribution in [3.05, 3.63) is 54.6 Å². The highest BCUT2D eigenvalue weighted by Crippen LogP contribution is 2.17.